The van der Waals surface area contributed by atoms with Crippen molar-refractivity contribution >= 4 is 5.69 Å². The zero-order valence-electron chi connectivity index (χ0n) is 11.9. The van der Waals surface area contributed by atoms with Crippen molar-refractivity contribution < 1.29 is 14.2 Å². The summed E-state index contributed by atoms with van der Waals surface area (Å²) in [7, 11) is 1.68. The molecule has 0 bridgehead atoms. The van der Waals surface area contributed by atoms with Crippen molar-refractivity contribution in [3.8, 4) is 5.75 Å². The Kier molecular flexibility index (Phi) is 3.83. The van der Waals surface area contributed by atoms with Gasteiger partial charge in [0.2, 0.25) is 0 Å². The number of methoxy groups -OCH3 is 1. The van der Waals surface area contributed by atoms with Gasteiger partial charge in [0.05, 0.1) is 20.3 Å². The highest BCUT2D eigenvalue weighted by molar-refractivity contribution is 5.48. The summed E-state index contributed by atoms with van der Waals surface area (Å²) in [5.74, 6) is 0.556. The topological polar surface area (TPSA) is 57.0 Å². The molecular formula is C15H22N2O3. The summed E-state index contributed by atoms with van der Waals surface area (Å²) in [4.78, 5) is 2.41. The van der Waals surface area contributed by atoms with Crippen LogP contribution in [0.5, 0.6) is 5.75 Å². The Morgan fingerprint density at radius 1 is 1.25 bits per heavy atom. The van der Waals surface area contributed by atoms with Crippen LogP contribution in [0.1, 0.15) is 18.4 Å². The predicted octanol–water partition coefficient (Wildman–Crippen LogP) is 1.62. The van der Waals surface area contributed by atoms with Crippen LogP contribution in [-0.2, 0) is 16.0 Å². The van der Waals surface area contributed by atoms with E-state index < -0.39 is 0 Å². The Hall–Kier alpha value is -1.30. The van der Waals surface area contributed by atoms with Crippen LogP contribution in [0.25, 0.3) is 0 Å². The molecule has 0 aliphatic carbocycles. The van der Waals surface area contributed by atoms with Gasteiger partial charge in [0.25, 0.3) is 0 Å². The van der Waals surface area contributed by atoms with Crippen molar-refractivity contribution in [2.24, 2.45) is 0 Å². The minimum absolute atomic E-state index is 0.304. The van der Waals surface area contributed by atoms with E-state index in [0.717, 1.165) is 57.1 Å². The molecule has 2 fully saturated rings. The quantitative estimate of drug-likeness (QED) is 0.851. The number of rotatable bonds is 3. The second kappa shape index (κ2) is 5.60. The number of nitrogen functional groups attached to an aromatic ring is 1. The third-order valence-corrected chi connectivity index (χ3v) is 4.14. The summed E-state index contributed by atoms with van der Waals surface area (Å²) in [6, 6.07) is 5.84. The molecule has 1 aromatic rings. The number of benzene rings is 1. The van der Waals surface area contributed by atoms with E-state index in [1.807, 2.05) is 18.2 Å². The van der Waals surface area contributed by atoms with Crippen molar-refractivity contribution in [3.63, 3.8) is 0 Å². The van der Waals surface area contributed by atoms with Crippen LogP contribution in [-0.4, -0.2) is 44.1 Å². The lowest BCUT2D eigenvalue weighted by atomic mass is 10.0. The number of hydrogen-bond acceptors (Lipinski definition) is 5. The molecule has 1 spiro atoms. The molecule has 5 nitrogen and oxygen atoms in total. The van der Waals surface area contributed by atoms with Gasteiger partial charge in [-0.3, -0.25) is 4.90 Å². The minimum atomic E-state index is -0.304. The Bertz CT molecular complexity index is 462. The fourth-order valence-corrected chi connectivity index (χ4v) is 2.97. The van der Waals surface area contributed by atoms with E-state index >= 15 is 0 Å². The Morgan fingerprint density at radius 3 is 2.60 bits per heavy atom. The van der Waals surface area contributed by atoms with Gasteiger partial charge in [0.1, 0.15) is 5.75 Å². The molecule has 0 atom stereocenters. The smallest absolute Gasteiger partial charge is 0.170 e. The van der Waals surface area contributed by atoms with Gasteiger partial charge in [0, 0.05) is 49.8 Å². The Morgan fingerprint density at radius 2 is 1.95 bits per heavy atom. The fraction of sp³-hybridized carbons (Fsp3) is 0.600. The first-order valence-electron chi connectivity index (χ1n) is 7.13. The van der Waals surface area contributed by atoms with Crippen LogP contribution in [0.3, 0.4) is 0 Å². The number of likely N-dealkylation sites (tertiary alicyclic amines) is 1. The van der Waals surface area contributed by atoms with Crippen molar-refractivity contribution in [1.82, 2.24) is 4.90 Å². The maximum atomic E-state index is 5.79. The van der Waals surface area contributed by atoms with Crippen molar-refractivity contribution in [3.05, 3.63) is 23.8 Å². The Balaban J connectivity index is 1.62. The number of nitrogens with two attached hydrogens (primary N) is 1. The molecule has 0 aromatic heterocycles. The average molecular weight is 278 g/mol. The molecule has 3 rings (SSSR count). The first-order chi connectivity index (χ1) is 9.71. The van der Waals surface area contributed by atoms with E-state index in [-0.39, 0.29) is 5.79 Å². The highest BCUT2D eigenvalue weighted by Gasteiger charge is 2.39. The maximum absolute atomic E-state index is 5.79. The number of hydrogen-bond donors (Lipinski definition) is 1. The lowest BCUT2D eigenvalue weighted by molar-refractivity contribution is -0.185. The molecule has 2 saturated heterocycles. The molecule has 2 aliphatic rings. The van der Waals surface area contributed by atoms with Crippen LogP contribution < -0.4 is 10.5 Å². The SMILES string of the molecule is COc1cc(N)ccc1CN1CCC2(CC1)OCCO2. The molecule has 2 heterocycles. The minimum Gasteiger partial charge on any atom is -0.496 e. The van der Waals surface area contributed by atoms with Gasteiger partial charge in [-0.15, -0.1) is 0 Å². The lowest BCUT2D eigenvalue weighted by Crippen LogP contribution is -2.44. The van der Waals surface area contributed by atoms with Gasteiger partial charge in [-0.2, -0.15) is 0 Å². The van der Waals surface area contributed by atoms with E-state index in [4.69, 9.17) is 19.9 Å². The van der Waals surface area contributed by atoms with E-state index in [9.17, 15) is 0 Å². The van der Waals surface area contributed by atoms with E-state index in [2.05, 4.69) is 4.90 Å². The molecule has 20 heavy (non-hydrogen) atoms. The first-order valence-corrected chi connectivity index (χ1v) is 7.13. The molecular weight excluding hydrogens is 256 g/mol. The van der Waals surface area contributed by atoms with Gasteiger partial charge in [-0.1, -0.05) is 6.07 Å². The standard InChI is InChI=1S/C15H22N2O3/c1-18-14-10-13(16)3-2-12(14)11-17-6-4-15(5-7-17)19-8-9-20-15/h2-3,10H,4-9,11,16H2,1H3. The van der Waals surface area contributed by atoms with Gasteiger partial charge >= 0.3 is 0 Å². The van der Waals surface area contributed by atoms with Crippen molar-refractivity contribution in [2.75, 3.05) is 39.1 Å². The summed E-state index contributed by atoms with van der Waals surface area (Å²) in [5, 5.41) is 0. The average Bonchev–Trinajstić information content (AvgIpc) is 2.92. The highest BCUT2D eigenvalue weighted by Crippen LogP contribution is 2.32. The zero-order valence-corrected chi connectivity index (χ0v) is 11.9. The zero-order chi connectivity index (χ0) is 14.0. The van der Waals surface area contributed by atoms with Crippen LogP contribution in [0.15, 0.2) is 18.2 Å². The third kappa shape index (κ3) is 2.75. The predicted molar refractivity (Wildman–Crippen MR) is 76.6 cm³/mol. The largest absolute Gasteiger partial charge is 0.496 e. The summed E-state index contributed by atoms with van der Waals surface area (Å²) >= 11 is 0. The lowest BCUT2D eigenvalue weighted by Gasteiger charge is -2.37. The Labute approximate surface area is 119 Å². The fourth-order valence-electron chi connectivity index (χ4n) is 2.97. The summed E-state index contributed by atoms with van der Waals surface area (Å²) in [6.45, 7) is 4.29. The molecule has 5 heteroatoms. The van der Waals surface area contributed by atoms with Gasteiger partial charge in [0.15, 0.2) is 5.79 Å². The van der Waals surface area contributed by atoms with E-state index in [1.165, 1.54) is 5.56 Å². The van der Waals surface area contributed by atoms with Crippen LogP contribution in [0.2, 0.25) is 0 Å². The second-order valence-corrected chi connectivity index (χ2v) is 5.46. The number of piperidine rings is 1. The van der Waals surface area contributed by atoms with E-state index in [0.29, 0.717) is 0 Å². The van der Waals surface area contributed by atoms with Gasteiger partial charge in [-0.25, -0.2) is 0 Å². The number of ether oxygens (including phenoxy) is 3. The summed E-state index contributed by atoms with van der Waals surface area (Å²) in [5.41, 5.74) is 7.69. The molecule has 2 N–H and O–H groups in total. The maximum Gasteiger partial charge on any atom is 0.170 e. The third-order valence-electron chi connectivity index (χ3n) is 4.14. The van der Waals surface area contributed by atoms with Crippen LogP contribution in [0, 0.1) is 0 Å². The van der Waals surface area contributed by atoms with Gasteiger partial charge < -0.3 is 19.9 Å². The monoisotopic (exact) mass is 278 g/mol. The van der Waals surface area contributed by atoms with Crippen LogP contribution in [0.4, 0.5) is 5.69 Å². The highest BCUT2D eigenvalue weighted by atomic mass is 16.7. The molecule has 2 aliphatic heterocycles. The number of nitrogens with zero attached hydrogens (tertiary/aromatic N) is 1. The molecule has 0 unspecified atom stereocenters. The number of anilines is 1. The second-order valence-electron chi connectivity index (χ2n) is 5.46. The molecule has 1 aromatic carbocycles. The van der Waals surface area contributed by atoms with Crippen molar-refractivity contribution in [1.29, 1.82) is 0 Å². The molecule has 0 saturated carbocycles. The van der Waals surface area contributed by atoms with Crippen LogP contribution >= 0.6 is 0 Å². The van der Waals surface area contributed by atoms with Crippen molar-refractivity contribution in [2.45, 2.75) is 25.2 Å². The summed E-state index contributed by atoms with van der Waals surface area (Å²) < 4.78 is 16.9. The normalized spacial score (nSPS) is 22.2. The molecule has 110 valence electrons. The molecule has 0 radical (unpaired) electrons. The summed E-state index contributed by atoms with van der Waals surface area (Å²) in [6.07, 6.45) is 1.87. The van der Waals surface area contributed by atoms with E-state index in [1.54, 1.807) is 7.11 Å². The first kappa shape index (κ1) is 13.7. The van der Waals surface area contributed by atoms with Gasteiger partial charge in [-0.05, 0) is 6.07 Å². The molecule has 0 amide bonds.